The topological polar surface area (TPSA) is 57.6 Å². The third-order valence-electron chi connectivity index (χ3n) is 4.54. The van der Waals surface area contributed by atoms with Gasteiger partial charge in [0.15, 0.2) is 0 Å². The molecule has 2 unspecified atom stereocenters. The maximum Gasteiger partial charge on any atom is 0.243 e. The van der Waals surface area contributed by atoms with E-state index in [0.29, 0.717) is 18.0 Å². The maximum atomic E-state index is 12.9. The van der Waals surface area contributed by atoms with E-state index in [1.165, 1.54) is 4.31 Å². The average Bonchev–Trinajstić information content (AvgIpc) is 2.87. The van der Waals surface area contributed by atoms with E-state index in [4.69, 9.17) is 0 Å². The van der Waals surface area contributed by atoms with E-state index >= 15 is 0 Å². The highest BCUT2D eigenvalue weighted by Crippen LogP contribution is 2.31. The molecule has 2 rings (SSSR count). The normalized spacial score (nSPS) is 22.0. The Hall–Kier alpha value is -0.910. The van der Waals surface area contributed by atoms with E-state index in [1.54, 1.807) is 13.0 Å². The van der Waals surface area contributed by atoms with Gasteiger partial charge in [-0.25, -0.2) is 8.42 Å². The van der Waals surface area contributed by atoms with Crippen LogP contribution in [0.4, 0.5) is 0 Å². The van der Waals surface area contributed by atoms with E-state index in [2.05, 4.69) is 20.8 Å². The Labute approximate surface area is 134 Å². The number of rotatable bonds is 3. The quantitative estimate of drug-likeness (QED) is 0.929. The Morgan fingerprint density at radius 3 is 2.45 bits per heavy atom. The summed E-state index contributed by atoms with van der Waals surface area (Å²) in [6, 6.07) is 5.69. The second-order valence-corrected chi connectivity index (χ2v) is 9.29. The number of aliphatic hydroxyl groups excluding tert-OH is 1. The Bertz CT molecular complexity index is 644. The van der Waals surface area contributed by atoms with Crippen LogP contribution in [0.25, 0.3) is 0 Å². The van der Waals surface area contributed by atoms with Gasteiger partial charge in [0.1, 0.15) is 0 Å². The molecule has 1 aliphatic rings. The molecule has 1 aromatic rings. The second kappa shape index (κ2) is 5.95. The molecule has 124 valence electrons. The lowest BCUT2D eigenvalue weighted by Crippen LogP contribution is -2.31. The van der Waals surface area contributed by atoms with Crippen LogP contribution in [0.5, 0.6) is 0 Å². The molecule has 0 saturated carbocycles. The summed E-state index contributed by atoms with van der Waals surface area (Å²) >= 11 is 0. The zero-order valence-electron chi connectivity index (χ0n) is 14.1. The Morgan fingerprint density at radius 2 is 1.95 bits per heavy atom. The van der Waals surface area contributed by atoms with Gasteiger partial charge in [0.05, 0.1) is 11.0 Å². The molecule has 1 saturated heterocycles. The van der Waals surface area contributed by atoms with Gasteiger partial charge in [-0.05, 0) is 48.8 Å². The predicted molar refractivity (Wildman–Crippen MR) is 88.4 cm³/mol. The summed E-state index contributed by atoms with van der Waals surface area (Å²) < 4.78 is 27.4. The number of aliphatic hydroxyl groups is 1. The van der Waals surface area contributed by atoms with E-state index in [0.717, 1.165) is 17.5 Å². The van der Waals surface area contributed by atoms with Gasteiger partial charge in [0.25, 0.3) is 0 Å². The van der Waals surface area contributed by atoms with E-state index in [1.807, 2.05) is 19.1 Å². The summed E-state index contributed by atoms with van der Waals surface area (Å²) in [6.45, 7) is 10.7. The van der Waals surface area contributed by atoms with Crippen LogP contribution in [0.1, 0.15) is 45.2 Å². The zero-order valence-corrected chi connectivity index (χ0v) is 14.9. The number of hydrogen-bond acceptors (Lipinski definition) is 3. The molecule has 0 spiro atoms. The molecule has 0 aliphatic carbocycles. The lowest BCUT2D eigenvalue weighted by Gasteiger charge is -2.23. The fourth-order valence-corrected chi connectivity index (χ4v) is 4.61. The SMILES string of the molecule is Cc1ccc(C(C)(C)C)cc1S(=O)(=O)N1CCC(C(C)O)C1. The molecule has 2 atom stereocenters. The molecule has 1 aromatic carbocycles. The summed E-state index contributed by atoms with van der Waals surface area (Å²) in [4.78, 5) is 0.395. The fourth-order valence-electron chi connectivity index (χ4n) is 2.85. The van der Waals surface area contributed by atoms with Crippen LogP contribution in [0, 0.1) is 12.8 Å². The number of nitrogens with zero attached hydrogens (tertiary/aromatic N) is 1. The first-order valence-electron chi connectivity index (χ1n) is 7.83. The van der Waals surface area contributed by atoms with Gasteiger partial charge < -0.3 is 5.11 Å². The van der Waals surface area contributed by atoms with Gasteiger partial charge in [0, 0.05) is 13.1 Å². The summed E-state index contributed by atoms with van der Waals surface area (Å²) in [7, 11) is -3.50. The molecule has 1 aliphatic heterocycles. The van der Waals surface area contributed by atoms with Crippen LogP contribution >= 0.6 is 0 Å². The Balaban J connectivity index is 2.38. The molecular formula is C17H27NO3S. The van der Waals surface area contributed by atoms with E-state index < -0.39 is 16.1 Å². The van der Waals surface area contributed by atoms with Crippen molar-refractivity contribution in [2.75, 3.05) is 13.1 Å². The maximum absolute atomic E-state index is 12.9. The monoisotopic (exact) mass is 325 g/mol. The fraction of sp³-hybridized carbons (Fsp3) is 0.647. The molecule has 0 bridgehead atoms. The number of hydrogen-bond donors (Lipinski definition) is 1. The third kappa shape index (κ3) is 3.36. The van der Waals surface area contributed by atoms with Crippen LogP contribution < -0.4 is 0 Å². The Kier molecular flexibility index (Phi) is 4.71. The largest absolute Gasteiger partial charge is 0.393 e. The first kappa shape index (κ1) is 17.4. The lowest BCUT2D eigenvalue weighted by atomic mass is 9.87. The highest BCUT2D eigenvalue weighted by atomic mass is 32.2. The molecule has 1 N–H and O–H groups in total. The van der Waals surface area contributed by atoms with Crippen LogP contribution in [0.2, 0.25) is 0 Å². The van der Waals surface area contributed by atoms with E-state index in [9.17, 15) is 13.5 Å². The van der Waals surface area contributed by atoms with Gasteiger partial charge in [-0.2, -0.15) is 4.31 Å². The van der Waals surface area contributed by atoms with Crippen molar-refractivity contribution in [3.05, 3.63) is 29.3 Å². The second-order valence-electron chi connectivity index (χ2n) is 7.38. The standard InChI is InChI=1S/C17H27NO3S/c1-12-6-7-15(17(3,4)5)10-16(12)22(20,21)18-9-8-14(11-18)13(2)19/h6-7,10,13-14,19H,8-9,11H2,1-5H3. The van der Waals surface area contributed by atoms with Gasteiger partial charge in [-0.3, -0.25) is 0 Å². The zero-order chi connectivity index (χ0) is 16.7. The minimum absolute atomic E-state index is 0.0286. The highest BCUT2D eigenvalue weighted by molar-refractivity contribution is 7.89. The van der Waals surface area contributed by atoms with Crippen LogP contribution in [0.15, 0.2) is 23.1 Å². The molecule has 22 heavy (non-hydrogen) atoms. The summed E-state index contributed by atoms with van der Waals surface area (Å²) in [6.07, 6.45) is 0.247. The molecule has 0 amide bonds. The van der Waals surface area contributed by atoms with Crippen molar-refractivity contribution in [1.82, 2.24) is 4.31 Å². The molecule has 5 heteroatoms. The van der Waals surface area contributed by atoms with Crippen LogP contribution in [-0.2, 0) is 15.4 Å². The summed E-state index contributed by atoms with van der Waals surface area (Å²) in [5, 5.41) is 9.69. The van der Waals surface area contributed by atoms with Gasteiger partial charge in [-0.1, -0.05) is 32.9 Å². The summed E-state index contributed by atoms with van der Waals surface area (Å²) in [5.74, 6) is 0.0286. The average molecular weight is 325 g/mol. The van der Waals surface area contributed by atoms with Crippen molar-refractivity contribution in [3.8, 4) is 0 Å². The number of sulfonamides is 1. The van der Waals surface area contributed by atoms with Crippen molar-refractivity contribution in [1.29, 1.82) is 0 Å². The van der Waals surface area contributed by atoms with Crippen LogP contribution in [-0.4, -0.2) is 37.0 Å². The van der Waals surface area contributed by atoms with Crippen molar-refractivity contribution < 1.29 is 13.5 Å². The predicted octanol–water partition coefficient (Wildman–Crippen LogP) is 2.68. The van der Waals surface area contributed by atoms with E-state index in [-0.39, 0.29) is 11.3 Å². The first-order chi connectivity index (χ1) is 10.0. The van der Waals surface area contributed by atoms with Crippen LogP contribution in [0.3, 0.4) is 0 Å². The van der Waals surface area contributed by atoms with Gasteiger partial charge in [-0.15, -0.1) is 0 Å². The lowest BCUT2D eigenvalue weighted by molar-refractivity contribution is 0.133. The number of aryl methyl sites for hydroxylation is 1. The Morgan fingerprint density at radius 1 is 1.32 bits per heavy atom. The summed E-state index contributed by atoms with van der Waals surface area (Å²) in [5.41, 5.74) is 1.70. The highest BCUT2D eigenvalue weighted by Gasteiger charge is 2.35. The van der Waals surface area contributed by atoms with Crippen molar-refractivity contribution in [2.24, 2.45) is 5.92 Å². The van der Waals surface area contributed by atoms with Crippen molar-refractivity contribution in [2.45, 2.75) is 57.5 Å². The minimum Gasteiger partial charge on any atom is -0.393 e. The molecule has 1 heterocycles. The third-order valence-corrected chi connectivity index (χ3v) is 6.55. The molecule has 1 fully saturated rings. The molecule has 0 aromatic heterocycles. The van der Waals surface area contributed by atoms with Crippen molar-refractivity contribution >= 4 is 10.0 Å². The number of benzene rings is 1. The molecule has 4 nitrogen and oxygen atoms in total. The van der Waals surface area contributed by atoms with Gasteiger partial charge in [0.2, 0.25) is 10.0 Å². The minimum atomic E-state index is -3.50. The smallest absolute Gasteiger partial charge is 0.243 e. The van der Waals surface area contributed by atoms with Crippen molar-refractivity contribution in [3.63, 3.8) is 0 Å². The molecular weight excluding hydrogens is 298 g/mol. The molecule has 0 radical (unpaired) electrons. The first-order valence-corrected chi connectivity index (χ1v) is 9.27. The van der Waals surface area contributed by atoms with Gasteiger partial charge >= 0.3 is 0 Å².